The molecule has 0 amide bonds. The molecule has 1 N–H and O–H groups in total. The zero-order chi connectivity index (χ0) is 26.1. The highest BCUT2D eigenvalue weighted by atomic mass is 127. The molecular weight excluding hydrogens is 624 g/mol. The van der Waals surface area contributed by atoms with Crippen molar-refractivity contribution in [1.29, 1.82) is 0 Å². The molecule has 1 saturated carbocycles. The van der Waals surface area contributed by atoms with Gasteiger partial charge in [-0.05, 0) is 73.0 Å². The molecule has 1 aromatic carbocycles. The molecule has 1 aliphatic carbocycles. The van der Waals surface area contributed by atoms with Gasteiger partial charge in [0.25, 0.3) is 4.36 Å². The third-order valence-electron chi connectivity index (χ3n) is 6.44. The lowest BCUT2D eigenvalue weighted by atomic mass is 10.0. The topological polar surface area (TPSA) is 75.5 Å². The minimum Gasteiger partial charge on any atom is -0.478 e. The van der Waals surface area contributed by atoms with Crippen LogP contribution in [0.1, 0.15) is 52.4 Å². The number of aryl methyl sites for hydroxylation is 1. The van der Waals surface area contributed by atoms with Crippen LogP contribution in [-0.4, -0.2) is 32.5 Å². The largest absolute Gasteiger partial charge is 0.478 e. The summed E-state index contributed by atoms with van der Waals surface area (Å²) in [6.45, 7) is 2.01. The molecule has 3 heterocycles. The molecular formula is C27H25FIN3O3S2. The summed E-state index contributed by atoms with van der Waals surface area (Å²) in [6.07, 6.45) is 6.29. The van der Waals surface area contributed by atoms with Gasteiger partial charge in [-0.2, -0.15) is 4.39 Å². The highest BCUT2D eigenvalue weighted by Crippen LogP contribution is 2.45. The first-order valence-corrected chi connectivity index (χ1v) is 14.8. The highest BCUT2D eigenvalue weighted by Gasteiger charge is 2.27. The van der Waals surface area contributed by atoms with Gasteiger partial charge in [0, 0.05) is 56.7 Å². The van der Waals surface area contributed by atoms with Gasteiger partial charge in [-0.15, -0.1) is 22.7 Å². The molecule has 37 heavy (non-hydrogen) atoms. The van der Waals surface area contributed by atoms with Crippen LogP contribution in [0, 0.1) is 6.92 Å². The fourth-order valence-electron chi connectivity index (χ4n) is 4.62. The van der Waals surface area contributed by atoms with Gasteiger partial charge in [0.1, 0.15) is 17.1 Å². The molecule has 10 heteroatoms. The molecule has 0 spiro atoms. The number of aromatic carboxylic acids is 1. The predicted octanol–water partition coefficient (Wildman–Crippen LogP) is 8.43. The highest BCUT2D eigenvalue weighted by molar-refractivity contribution is 14.1. The van der Waals surface area contributed by atoms with Crippen LogP contribution in [0.3, 0.4) is 0 Å². The van der Waals surface area contributed by atoms with E-state index in [-0.39, 0.29) is 5.56 Å². The number of carbonyl (C=O) groups is 1. The zero-order valence-corrected chi connectivity index (χ0v) is 24.1. The maximum absolute atomic E-state index is 13.2. The number of benzene rings is 1. The Morgan fingerprint density at radius 1 is 1.22 bits per heavy atom. The maximum atomic E-state index is 13.2. The van der Waals surface area contributed by atoms with E-state index in [1.54, 1.807) is 74.6 Å². The fourth-order valence-corrected chi connectivity index (χ4v) is 7.02. The average molecular weight is 650 g/mol. The lowest BCUT2D eigenvalue weighted by Gasteiger charge is -2.17. The van der Waals surface area contributed by atoms with Gasteiger partial charge in [-0.25, -0.2) is 14.8 Å². The Morgan fingerprint density at radius 3 is 2.57 bits per heavy atom. The van der Waals surface area contributed by atoms with Crippen LogP contribution in [0.25, 0.3) is 21.7 Å². The van der Waals surface area contributed by atoms with E-state index in [4.69, 9.17) is 9.72 Å². The Labute approximate surface area is 236 Å². The van der Waals surface area contributed by atoms with E-state index in [0.29, 0.717) is 22.6 Å². The number of alkyl halides is 2. The lowest BCUT2D eigenvalue weighted by Crippen LogP contribution is -2.15. The molecule has 5 rings (SSSR count). The number of rotatable bonds is 8. The average Bonchev–Trinajstić information content (AvgIpc) is 3.64. The summed E-state index contributed by atoms with van der Waals surface area (Å²) in [4.78, 5) is 25.7. The van der Waals surface area contributed by atoms with E-state index < -0.39 is 10.3 Å². The molecule has 0 aliphatic heterocycles. The number of halogens is 2. The van der Waals surface area contributed by atoms with Gasteiger partial charge in [0.05, 0.1) is 5.69 Å². The van der Waals surface area contributed by atoms with E-state index in [1.807, 2.05) is 37.6 Å². The van der Waals surface area contributed by atoms with Gasteiger partial charge in [-0.3, -0.25) is 0 Å². The van der Waals surface area contributed by atoms with E-state index in [9.17, 15) is 14.3 Å². The number of nitrogens with zero attached hydrogens (tertiary/aromatic N) is 3. The number of anilines is 2. The van der Waals surface area contributed by atoms with Crippen molar-refractivity contribution in [2.45, 2.75) is 42.9 Å². The quantitative estimate of drug-likeness (QED) is 0.153. The molecule has 1 fully saturated rings. The fraction of sp³-hybridized carbons (Fsp3) is 0.296. The number of thiophene rings is 1. The van der Waals surface area contributed by atoms with Crippen LogP contribution in [0.5, 0.6) is 5.75 Å². The minimum atomic E-state index is -1.41. The zero-order valence-electron chi connectivity index (χ0n) is 20.3. The molecule has 4 aromatic rings. The number of carboxylic acid groups (broad SMARTS) is 1. The van der Waals surface area contributed by atoms with Crippen molar-refractivity contribution >= 4 is 62.2 Å². The molecule has 0 bridgehead atoms. The number of carboxylic acids is 1. The Hall–Kier alpha value is -2.57. The monoisotopic (exact) mass is 649 g/mol. The van der Waals surface area contributed by atoms with Crippen molar-refractivity contribution < 1.29 is 19.0 Å². The SMILES string of the molecule is Cc1csc(-c2cnc(N(C)c3nc(-c4ccc(OC(F)I)cc4)c(C4CCCC4)s3)c(C(=O)O)c2)c1. The number of aromatic nitrogens is 2. The molecule has 0 radical (unpaired) electrons. The standard InChI is InChI=1S/C27H25FIN3O3S2/c1-15-11-21(36-14-15)18-12-20(25(33)34)24(30-13-18)32(2)27-31-22(23(37-27)17-5-3-4-6-17)16-7-9-19(10-8-16)35-26(28)29/h7-14,17,26H,3-6H2,1-2H3,(H,33,34). The van der Waals surface area contributed by atoms with Crippen LogP contribution in [-0.2, 0) is 0 Å². The second-order valence-electron chi connectivity index (χ2n) is 9.04. The van der Waals surface area contributed by atoms with Gasteiger partial charge in [0.2, 0.25) is 0 Å². The van der Waals surface area contributed by atoms with Gasteiger partial charge in [-0.1, -0.05) is 12.8 Å². The van der Waals surface area contributed by atoms with Crippen LogP contribution in [0.15, 0.2) is 48.0 Å². The summed E-state index contributed by atoms with van der Waals surface area (Å²) in [5.41, 5.74) is 3.84. The third-order valence-corrected chi connectivity index (χ3v) is 9.08. The summed E-state index contributed by atoms with van der Waals surface area (Å²) in [5, 5.41) is 12.7. The number of hydrogen-bond acceptors (Lipinski definition) is 7. The predicted molar refractivity (Wildman–Crippen MR) is 156 cm³/mol. The van der Waals surface area contributed by atoms with Crippen LogP contribution in [0.4, 0.5) is 15.3 Å². The van der Waals surface area contributed by atoms with E-state index in [2.05, 4.69) is 4.98 Å². The summed E-state index contributed by atoms with van der Waals surface area (Å²) in [5.74, 6) is 0.181. The Kier molecular flexibility index (Phi) is 7.77. The van der Waals surface area contributed by atoms with E-state index in [0.717, 1.165) is 40.1 Å². The van der Waals surface area contributed by atoms with E-state index >= 15 is 0 Å². The van der Waals surface area contributed by atoms with Gasteiger partial charge < -0.3 is 14.7 Å². The number of pyridine rings is 1. The normalized spacial score (nSPS) is 14.6. The number of hydrogen-bond donors (Lipinski definition) is 1. The minimum absolute atomic E-state index is 0.131. The third kappa shape index (κ3) is 5.65. The first-order chi connectivity index (χ1) is 17.8. The molecule has 0 saturated heterocycles. The molecule has 3 aromatic heterocycles. The molecule has 192 valence electrons. The van der Waals surface area contributed by atoms with E-state index in [1.165, 1.54) is 17.7 Å². The Bertz CT molecular complexity index is 1410. The van der Waals surface area contributed by atoms with Crippen molar-refractivity contribution in [3.8, 4) is 27.4 Å². The Morgan fingerprint density at radius 2 is 1.95 bits per heavy atom. The number of ether oxygens (including phenoxy) is 1. The smallest absolute Gasteiger partial charge is 0.339 e. The summed E-state index contributed by atoms with van der Waals surface area (Å²) in [6, 6.07) is 11.0. The second kappa shape index (κ2) is 11.0. The van der Waals surface area contributed by atoms with Crippen LogP contribution in [0.2, 0.25) is 0 Å². The Balaban J connectivity index is 1.53. The van der Waals surface area contributed by atoms with Crippen molar-refractivity contribution in [3.05, 3.63) is 64.0 Å². The van der Waals surface area contributed by atoms with Crippen molar-refractivity contribution in [2.75, 3.05) is 11.9 Å². The molecule has 1 atom stereocenters. The first kappa shape index (κ1) is 26.1. The van der Waals surface area contributed by atoms with Gasteiger partial charge in [0.15, 0.2) is 5.13 Å². The molecule has 1 unspecified atom stereocenters. The summed E-state index contributed by atoms with van der Waals surface area (Å²) < 4.78 is 17.0. The van der Waals surface area contributed by atoms with Crippen molar-refractivity contribution in [2.24, 2.45) is 0 Å². The van der Waals surface area contributed by atoms with Gasteiger partial charge >= 0.3 is 5.97 Å². The second-order valence-corrected chi connectivity index (χ2v) is 11.9. The van der Waals surface area contributed by atoms with Crippen molar-refractivity contribution in [3.63, 3.8) is 0 Å². The van der Waals surface area contributed by atoms with Crippen LogP contribution < -0.4 is 9.64 Å². The van der Waals surface area contributed by atoms with Crippen molar-refractivity contribution in [1.82, 2.24) is 9.97 Å². The number of thiazole rings is 1. The lowest BCUT2D eigenvalue weighted by molar-refractivity contribution is 0.0697. The maximum Gasteiger partial charge on any atom is 0.339 e. The van der Waals surface area contributed by atoms with Crippen LogP contribution >= 0.6 is 45.3 Å². The first-order valence-electron chi connectivity index (χ1n) is 11.9. The summed E-state index contributed by atoms with van der Waals surface area (Å²) >= 11 is 4.73. The molecule has 6 nitrogen and oxygen atoms in total. The summed E-state index contributed by atoms with van der Waals surface area (Å²) in [7, 11) is 1.81. The molecule has 1 aliphatic rings.